The Kier molecular flexibility index (Phi) is 3.97. The number of carbonyl (C=O) groups is 1. The normalized spacial score (nSPS) is 12.2. The van der Waals surface area contributed by atoms with Gasteiger partial charge in [0.2, 0.25) is 17.0 Å². The molecular weight excluding hydrogens is 298 g/mol. The molecule has 2 aromatic carbocycles. The van der Waals surface area contributed by atoms with Gasteiger partial charge in [0, 0.05) is 11.1 Å². The highest BCUT2D eigenvalue weighted by atomic mass is 32.2. The van der Waals surface area contributed by atoms with E-state index in [1.54, 1.807) is 6.92 Å². The fourth-order valence-corrected chi connectivity index (χ4v) is 2.82. The highest BCUT2D eigenvalue weighted by Gasteiger charge is 2.17. The van der Waals surface area contributed by atoms with E-state index in [0.717, 1.165) is 16.5 Å². The maximum absolute atomic E-state index is 12.3. The van der Waals surface area contributed by atoms with Crippen LogP contribution in [0.5, 0.6) is 0 Å². The quantitative estimate of drug-likeness (QED) is 0.643. The smallest absolute Gasteiger partial charge is 0.237 e. The van der Waals surface area contributed by atoms with Crippen molar-refractivity contribution in [3.05, 3.63) is 42.5 Å². The van der Waals surface area contributed by atoms with Gasteiger partial charge < -0.3 is 11.1 Å². The monoisotopic (exact) mass is 313 g/mol. The van der Waals surface area contributed by atoms with Gasteiger partial charge in [-0.05, 0) is 18.4 Å². The van der Waals surface area contributed by atoms with Gasteiger partial charge in [-0.3, -0.25) is 4.79 Å². The minimum atomic E-state index is -0.339. The molecular formula is C15H15N5OS. The molecule has 0 bridgehead atoms. The second kappa shape index (κ2) is 6.07. The number of benzene rings is 2. The van der Waals surface area contributed by atoms with Crippen molar-refractivity contribution in [2.24, 2.45) is 0 Å². The summed E-state index contributed by atoms with van der Waals surface area (Å²) >= 11 is 1.25. The predicted octanol–water partition coefficient (Wildman–Crippen LogP) is 2.66. The number of rotatable bonds is 4. The molecule has 1 aromatic heterocycles. The van der Waals surface area contributed by atoms with Gasteiger partial charge in [0.25, 0.3) is 0 Å². The predicted molar refractivity (Wildman–Crippen MR) is 88.7 cm³/mol. The Morgan fingerprint density at radius 2 is 2.05 bits per heavy atom. The molecule has 0 aliphatic carbocycles. The summed E-state index contributed by atoms with van der Waals surface area (Å²) in [5.74, 6) is 0.133. The summed E-state index contributed by atoms with van der Waals surface area (Å²) in [6, 6.07) is 13.7. The third-order valence-corrected chi connectivity index (χ3v) is 4.14. The lowest BCUT2D eigenvalue weighted by atomic mass is 10.1. The molecule has 3 rings (SSSR count). The van der Waals surface area contributed by atoms with Crippen LogP contribution in [0, 0.1) is 0 Å². The molecule has 0 spiro atoms. The second-order valence-corrected chi connectivity index (χ2v) is 6.09. The van der Waals surface area contributed by atoms with Crippen LogP contribution in [0.1, 0.15) is 6.92 Å². The molecule has 6 nitrogen and oxygen atoms in total. The SMILES string of the molecule is C[C@H](Sc1n[nH]c(N)n1)C(=O)Nc1cccc2ccccc12. The van der Waals surface area contributed by atoms with Crippen molar-refractivity contribution >= 4 is 40.1 Å². The lowest BCUT2D eigenvalue weighted by Crippen LogP contribution is -2.22. The van der Waals surface area contributed by atoms with E-state index in [4.69, 9.17) is 5.73 Å². The molecule has 0 radical (unpaired) electrons. The van der Waals surface area contributed by atoms with E-state index >= 15 is 0 Å². The van der Waals surface area contributed by atoms with Crippen LogP contribution in [0.4, 0.5) is 11.6 Å². The first kappa shape index (κ1) is 14.4. The number of nitrogens with zero attached hydrogens (tertiary/aromatic N) is 2. The number of nitrogens with two attached hydrogens (primary N) is 1. The van der Waals surface area contributed by atoms with Crippen LogP contribution in [0.15, 0.2) is 47.6 Å². The summed E-state index contributed by atoms with van der Waals surface area (Å²) in [7, 11) is 0. The number of nitrogens with one attached hydrogen (secondary N) is 2. The number of carbonyl (C=O) groups excluding carboxylic acids is 1. The molecule has 0 saturated heterocycles. The average molecular weight is 313 g/mol. The fourth-order valence-electron chi connectivity index (χ4n) is 2.09. The number of anilines is 2. The van der Waals surface area contributed by atoms with Crippen LogP contribution < -0.4 is 11.1 Å². The lowest BCUT2D eigenvalue weighted by Gasteiger charge is -2.12. The number of amides is 1. The van der Waals surface area contributed by atoms with Gasteiger partial charge in [-0.15, -0.1) is 5.10 Å². The molecule has 1 amide bonds. The van der Waals surface area contributed by atoms with Crippen molar-refractivity contribution in [2.75, 3.05) is 11.1 Å². The molecule has 0 saturated carbocycles. The van der Waals surface area contributed by atoms with Crippen LogP contribution in [0.3, 0.4) is 0 Å². The number of aromatic amines is 1. The van der Waals surface area contributed by atoms with E-state index in [-0.39, 0.29) is 17.1 Å². The van der Waals surface area contributed by atoms with E-state index in [1.165, 1.54) is 11.8 Å². The molecule has 112 valence electrons. The van der Waals surface area contributed by atoms with Crippen LogP contribution in [-0.4, -0.2) is 26.3 Å². The zero-order valence-corrected chi connectivity index (χ0v) is 12.7. The van der Waals surface area contributed by atoms with Crippen molar-refractivity contribution in [1.82, 2.24) is 15.2 Å². The van der Waals surface area contributed by atoms with Crippen molar-refractivity contribution < 1.29 is 4.79 Å². The topological polar surface area (TPSA) is 96.7 Å². The van der Waals surface area contributed by atoms with E-state index in [1.807, 2.05) is 42.5 Å². The largest absolute Gasteiger partial charge is 0.368 e. The summed E-state index contributed by atoms with van der Waals surface area (Å²) < 4.78 is 0. The summed E-state index contributed by atoms with van der Waals surface area (Å²) in [5.41, 5.74) is 6.27. The van der Waals surface area contributed by atoms with Crippen LogP contribution >= 0.6 is 11.8 Å². The van der Waals surface area contributed by atoms with Gasteiger partial charge in [-0.1, -0.05) is 48.2 Å². The van der Waals surface area contributed by atoms with Gasteiger partial charge >= 0.3 is 0 Å². The maximum atomic E-state index is 12.3. The highest BCUT2D eigenvalue weighted by molar-refractivity contribution is 8.00. The van der Waals surface area contributed by atoms with Crippen LogP contribution in [-0.2, 0) is 4.79 Å². The number of hydrogen-bond donors (Lipinski definition) is 3. The summed E-state index contributed by atoms with van der Waals surface area (Å²) in [6.45, 7) is 1.80. The van der Waals surface area contributed by atoms with Gasteiger partial charge in [0.05, 0.1) is 5.25 Å². The Labute approximate surface area is 131 Å². The Morgan fingerprint density at radius 1 is 1.27 bits per heavy atom. The van der Waals surface area contributed by atoms with E-state index in [9.17, 15) is 4.79 Å². The number of H-pyrrole nitrogens is 1. The Morgan fingerprint density at radius 3 is 2.82 bits per heavy atom. The minimum Gasteiger partial charge on any atom is -0.368 e. The van der Waals surface area contributed by atoms with Gasteiger partial charge in [0.15, 0.2) is 0 Å². The molecule has 0 fully saturated rings. The Hall–Kier alpha value is -2.54. The molecule has 0 aliphatic heterocycles. The first-order valence-electron chi connectivity index (χ1n) is 6.76. The molecule has 7 heteroatoms. The van der Waals surface area contributed by atoms with Crippen molar-refractivity contribution in [2.45, 2.75) is 17.3 Å². The van der Waals surface area contributed by atoms with E-state index < -0.39 is 0 Å². The summed E-state index contributed by atoms with van der Waals surface area (Å²) in [5, 5.41) is 11.6. The first-order valence-corrected chi connectivity index (χ1v) is 7.64. The molecule has 1 heterocycles. The number of thioether (sulfide) groups is 1. The van der Waals surface area contributed by atoms with Crippen LogP contribution in [0.2, 0.25) is 0 Å². The lowest BCUT2D eigenvalue weighted by molar-refractivity contribution is -0.115. The summed E-state index contributed by atoms with van der Waals surface area (Å²) in [4.78, 5) is 16.3. The van der Waals surface area contributed by atoms with Crippen molar-refractivity contribution in [3.8, 4) is 0 Å². The number of nitrogen functional groups attached to an aromatic ring is 1. The summed E-state index contributed by atoms with van der Waals surface area (Å²) in [6.07, 6.45) is 0. The molecule has 4 N–H and O–H groups in total. The third-order valence-electron chi connectivity index (χ3n) is 3.18. The van der Waals surface area contributed by atoms with E-state index in [2.05, 4.69) is 20.5 Å². The van der Waals surface area contributed by atoms with Crippen molar-refractivity contribution in [1.29, 1.82) is 0 Å². The molecule has 0 aliphatic rings. The molecule has 1 atom stereocenters. The fraction of sp³-hybridized carbons (Fsp3) is 0.133. The minimum absolute atomic E-state index is 0.107. The highest BCUT2D eigenvalue weighted by Crippen LogP contribution is 2.25. The number of aromatic nitrogens is 3. The van der Waals surface area contributed by atoms with Gasteiger partial charge in [0.1, 0.15) is 0 Å². The van der Waals surface area contributed by atoms with E-state index in [0.29, 0.717) is 5.16 Å². The number of hydrogen-bond acceptors (Lipinski definition) is 5. The number of fused-ring (bicyclic) bond motifs is 1. The maximum Gasteiger partial charge on any atom is 0.237 e. The zero-order chi connectivity index (χ0) is 15.5. The zero-order valence-electron chi connectivity index (χ0n) is 11.9. The van der Waals surface area contributed by atoms with Crippen molar-refractivity contribution in [3.63, 3.8) is 0 Å². The van der Waals surface area contributed by atoms with Gasteiger partial charge in [-0.2, -0.15) is 4.98 Å². The average Bonchev–Trinajstić information content (AvgIpc) is 2.92. The van der Waals surface area contributed by atoms with Gasteiger partial charge in [-0.25, -0.2) is 5.10 Å². The second-order valence-electron chi connectivity index (χ2n) is 4.78. The molecule has 3 aromatic rings. The standard InChI is InChI=1S/C15H15N5OS/c1-9(22-15-18-14(16)19-20-15)13(21)17-12-8-4-6-10-5-2-3-7-11(10)12/h2-9H,1H3,(H,17,21)(H3,16,18,19,20)/t9-/m0/s1. The van der Waals surface area contributed by atoms with Crippen LogP contribution in [0.25, 0.3) is 10.8 Å². The molecule has 22 heavy (non-hydrogen) atoms. The third kappa shape index (κ3) is 3.04. The Balaban J connectivity index is 1.75. The first-order chi connectivity index (χ1) is 10.6. The molecule has 0 unspecified atom stereocenters. The Bertz CT molecular complexity index is 811.